The number of rotatable bonds is 1. The van der Waals surface area contributed by atoms with Crippen LogP contribution in [0.4, 0.5) is 0 Å². The van der Waals surface area contributed by atoms with E-state index in [1.165, 1.54) is 24.8 Å². The molecule has 0 aromatic carbocycles. The quantitative estimate of drug-likeness (QED) is 0.608. The van der Waals surface area contributed by atoms with E-state index >= 15 is 0 Å². The van der Waals surface area contributed by atoms with Gasteiger partial charge in [-0.3, -0.25) is 0 Å². The van der Waals surface area contributed by atoms with E-state index in [1.807, 2.05) is 6.92 Å². The molecule has 0 unspecified atom stereocenters. The molecule has 0 spiro atoms. The van der Waals surface area contributed by atoms with Crippen LogP contribution < -0.4 is 0 Å². The third-order valence-corrected chi connectivity index (χ3v) is 2.11. The van der Waals surface area contributed by atoms with Gasteiger partial charge in [-0.05, 0) is 49.8 Å². The van der Waals surface area contributed by atoms with E-state index in [-0.39, 0.29) is 6.61 Å². The highest BCUT2D eigenvalue weighted by atomic mass is 16.2. The van der Waals surface area contributed by atoms with E-state index in [0.29, 0.717) is 0 Å². The molecule has 0 radical (unpaired) electrons. The van der Waals surface area contributed by atoms with Gasteiger partial charge in [0.1, 0.15) is 0 Å². The molecule has 13 heavy (non-hydrogen) atoms. The summed E-state index contributed by atoms with van der Waals surface area (Å²) in [7, 11) is 0. The van der Waals surface area contributed by atoms with Gasteiger partial charge in [0.05, 0.1) is 6.61 Å². The minimum atomic E-state index is 0.0829. The van der Waals surface area contributed by atoms with Crippen LogP contribution in [0.1, 0.15) is 32.6 Å². The molecule has 1 rings (SSSR count). The van der Waals surface area contributed by atoms with Gasteiger partial charge in [0.2, 0.25) is 0 Å². The Labute approximate surface area is 80.2 Å². The first-order valence-electron chi connectivity index (χ1n) is 4.81. The molecule has 0 saturated carbocycles. The molecule has 1 aliphatic rings. The van der Waals surface area contributed by atoms with E-state index in [1.54, 1.807) is 6.08 Å². The van der Waals surface area contributed by atoms with Gasteiger partial charge in [-0.25, -0.2) is 0 Å². The summed E-state index contributed by atoms with van der Waals surface area (Å²) >= 11 is 0. The average Bonchev–Trinajstić information content (AvgIpc) is 2.17. The summed E-state index contributed by atoms with van der Waals surface area (Å²) in [6, 6.07) is 0. The molecule has 1 heteroatoms. The summed E-state index contributed by atoms with van der Waals surface area (Å²) in [5.41, 5.74) is 2.21. The SMILES string of the molecule is C/C(C#CC1=CCCCC1)=C\CO. The largest absolute Gasteiger partial charge is 0.392 e. The zero-order chi connectivity index (χ0) is 9.52. The van der Waals surface area contributed by atoms with Crippen molar-refractivity contribution in [1.29, 1.82) is 0 Å². The normalized spacial score (nSPS) is 17.4. The summed E-state index contributed by atoms with van der Waals surface area (Å²) in [4.78, 5) is 0. The van der Waals surface area contributed by atoms with E-state index < -0.39 is 0 Å². The van der Waals surface area contributed by atoms with Crippen LogP contribution in [0.25, 0.3) is 0 Å². The second-order valence-electron chi connectivity index (χ2n) is 3.29. The number of hydrogen-bond donors (Lipinski definition) is 1. The first-order valence-corrected chi connectivity index (χ1v) is 4.81. The maximum absolute atomic E-state index is 8.61. The van der Waals surface area contributed by atoms with Gasteiger partial charge in [0.15, 0.2) is 0 Å². The second kappa shape index (κ2) is 5.61. The van der Waals surface area contributed by atoms with Crippen molar-refractivity contribution in [2.45, 2.75) is 32.6 Å². The van der Waals surface area contributed by atoms with Crippen LogP contribution in [0.3, 0.4) is 0 Å². The molecule has 0 saturated heterocycles. The molecule has 1 aliphatic carbocycles. The lowest BCUT2D eigenvalue weighted by molar-refractivity contribution is 0.342. The van der Waals surface area contributed by atoms with Crippen molar-refractivity contribution in [3.8, 4) is 11.8 Å². The fourth-order valence-electron chi connectivity index (χ4n) is 1.32. The van der Waals surface area contributed by atoms with Crippen molar-refractivity contribution in [2.75, 3.05) is 6.61 Å². The van der Waals surface area contributed by atoms with E-state index in [2.05, 4.69) is 17.9 Å². The van der Waals surface area contributed by atoms with Crippen molar-refractivity contribution in [3.05, 3.63) is 23.3 Å². The number of hydrogen-bond acceptors (Lipinski definition) is 1. The minimum Gasteiger partial charge on any atom is -0.392 e. The van der Waals surface area contributed by atoms with Crippen LogP contribution in [-0.4, -0.2) is 11.7 Å². The Morgan fingerprint density at radius 1 is 1.62 bits per heavy atom. The van der Waals surface area contributed by atoms with Crippen LogP contribution in [0.2, 0.25) is 0 Å². The van der Waals surface area contributed by atoms with Crippen molar-refractivity contribution in [1.82, 2.24) is 0 Å². The number of allylic oxidation sites excluding steroid dienone is 3. The Kier molecular flexibility index (Phi) is 4.35. The fourth-order valence-corrected chi connectivity index (χ4v) is 1.32. The highest BCUT2D eigenvalue weighted by Gasteiger charge is 1.99. The molecule has 0 aliphatic heterocycles. The molecule has 0 bridgehead atoms. The third-order valence-electron chi connectivity index (χ3n) is 2.11. The van der Waals surface area contributed by atoms with Crippen LogP contribution in [0.15, 0.2) is 23.3 Å². The van der Waals surface area contributed by atoms with E-state index in [0.717, 1.165) is 12.0 Å². The van der Waals surface area contributed by atoms with Gasteiger partial charge in [0, 0.05) is 0 Å². The zero-order valence-electron chi connectivity index (χ0n) is 8.14. The first-order chi connectivity index (χ1) is 6.33. The molecular weight excluding hydrogens is 160 g/mol. The van der Waals surface area contributed by atoms with Crippen molar-refractivity contribution in [3.63, 3.8) is 0 Å². The minimum absolute atomic E-state index is 0.0829. The summed E-state index contributed by atoms with van der Waals surface area (Å²) in [6.07, 6.45) is 8.82. The molecule has 0 heterocycles. The standard InChI is InChI=1S/C12H16O/c1-11(9-10-13)7-8-12-5-3-2-4-6-12/h5,9,13H,2-4,6,10H2,1H3/b11-9+. The third kappa shape index (κ3) is 3.96. The fraction of sp³-hybridized carbons (Fsp3) is 0.500. The lowest BCUT2D eigenvalue weighted by Crippen LogP contribution is -1.88. The number of aliphatic hydroxyl groups is 1. The second-order valence-corrected chi connectivity index (χ2v) is 3.29. The first kappa shape index (κ1) is 10.1. The maximum atomic E-state index is 8.61. The van der Waals surface area contributed by atoms with Gasteiger partial charge in [0.25, 0.3) is 0 Å². The Balaban J connectivity index is 2.55. The maximum Gasteiger partial charge on any atom is 0.0624 e. The topological polar surface area (TPSA) is 20.2 Å². The van der Waals surface area contributed by atoms with Crippen molar-refractivity contribution >= 4 is 0 Å². The molecular formula is C12H16O. The molecule has 70 valence electrons. The molecule has 0 amide bonds. The van der Waals surface area contributed by atoms with Gasteiger partial charge in [-0.2, -0.15) is 0 Å². The highest BCUT2D eigenvalue weighted by Crippen LogP contribution is 2.16. The smallest absolute Gasteiger partial charge is 0.0624 e. The predicted molar refractivity (Wildman–Crippen MR) is 55.2 cm³/mol. The molecule has 0 atom stereocenters. The highest BCUT2D eigenvalue weighted by molar-refractivity contribution is 5.37. The zero-order valence-corrected chi connectivity index (χ0v) is 8.14. The molecule has 1 nitrogen and oxygen atoms in total. The van der Waals surface area contributed by atoms with Crippen LogP contribution in [-0.2, 0) is 0 Å². The average molecular weight is 176 g/mol. The van der Waals surface area contributed by atoms with Gasteiger partial charge >= 0.3 is 0 Å². The van der Waals surface area contributed by atoms with Crippen molar-refractivity contribution < 1.29 is 5.11 Å². The summed E-state index contributed by atoms with van der Waals surface area (Å²) in [6.45, 7) is 2.01. The molecule has 0 aromatic rings. The van der Waals surface area contributed by atoms with E-state index in [4.69, 9.17) is 5.11 Å². The van der Waals surface area contributed by atoms with Gasteiger partial charge in [-0.1, -0.05) is 17.9 Å². The molecule has 0 aromatic heterocycles. The lowest BCUT2D eigenvalue weighted by Gasteiger charge is -2.05. The Bertz CT molecular complexity index is 273. The Morgan fingerprint density at radius 3 is 3.08 bits per heavy atom. The monoisotopic (exact) mass is 176 g/mol. The van der Waals surface area contributed by atoms with Crippen molar-refractivity contribution in [2.24, 2.45) is 0 Å². The Hall–Kier alpha value is -1.00. The summed E-state index contributed by atoms with van der Waals surface area (Å²) in [5.74, 6) is 6.17. The molecule has 1 N–H and O–H groups in total. The number of aliphatic hydroxyl groups excluding tert-OH is 1. The van der Waals surface area contributed by atoms with Gasteiger partial charge in [-0.15, -0.1) is 0 Å². The lowest BCUT2D eigenvalue weighted by atomic mass is 10.00. The summed E-state index contributed by atoms with van der Waals surface area (Å²) < 4.78 is 0. The van der Waals surface area contributed by atoms with Crippen LogP contribution in [0.5, 0.6) is 0 Å². The van der Waals surface area contributed by atoms with E-state index in [9.17, 15) is 0 Å². The molecule has 0 fully saturated rings. The Morgan fingerprint density at radius 2 is 2.46 bits per heavy atom. The van der Waals surface area contributed by atoms with Crippen LogP contribution >= 0.6 is 0 Å². The van der Waals surface area contributed by atoms with Crippen LogP contribution in [0, 0.1) is 11.8 Å². The summed E-state index contributed by atoms with van der Waals surface area (Å²) in [5, 5.41) is 8.61. The predicted octanol–water partition coefficient (Wildman–Crippen LogP) is 2.43. The van der Waals surface area contributed by atoms with Gasteiger partial charge < -0.3 is 5.11 Å².